The Morgan fingerprint density at radius 2 is 2.09 bits per heavy atom. The third-order valence-corrected chi connectivity index (χ3v) is 6.32. The molecule has 0 bridgehead atoms. The van der Waals surface area contributed by atoms with Crippen LogP contribution >= 0.6 is 24.0 Å². The maximum Gasteiger partial charge on any atom is 0.276 e. The molecule has 0 fully saturated rings. The van der Waals surface area contributed by atoms with Crippen LogP contribution in [0.4, 0.5) is 4.79 Å². The molecule has 23 heavy (non-hydrogen) atoms. The molecule has 1 aliphatic carbocycles. The van der Waals surface area contributed by atoms with E-state index in [2.05, 4.69) is 56.9 Å². The number of fused-ring (bicyclic) bond motifs is 1. The zero-order valence-electron chi connectivity index (χ0n) is 13.9. The molecule has 0 saturated heterocycles. The highest BCUT2D eigenvalue weighted by molar-refractivity contribution is 7.96. The number of hydrogen-bond donors (Lipinski definition) is 2. The summed E-state index contributed by atoms with van der Waals surface area (Å²) in [5.41, 5.74) is 5.76. The lowest BCUT2D eigenvalue weighted by molar-refractivity contribution is 0.261. The Morgan fingerprint density at radius 3 is 2.83 bits per heavy atom. The van der Waals surface area contributed by atoms with Gasteiger partial charge in [-0.15, -0.1) is 11.3 Å². The first-order chi connectivity index (χ1) is 10.9. The highest BCUT2D eigenvalue weighted by Gasteiger charge is 2.29. The summed E-state index contributed by atoms with van der Waals surface area (Å²) >= 11 is 5.73. The molecule has 3 rings (SSSR count). The van der Waals surface area contributed by atoms with Gasteiger partial charge in [0.2, 0.25) is 0 Å². The molecule has 1 amide bonds. The number of thiol groups is 1. The zero-order chi connectivity index (χ0) is 16.6. The van der Waals surface area contributed by atoms with E-state index >= 15 is 0 Å². The highest BCUT2D eigenvalue weighted by atomic mass is 32.1. The van der Waals surface area contributed by atoms with E-state index < -0.39 is 0 Å². The lowest BCUT2D eigenvalue weighted by Gasteiger charge is -2.29. The number of thiophene rings is 1. The Labute approximate surface area is 147 Å². The molecule has 0 radical (unpaired) electrons. The molecule has 2 nitrogen and oxygen atoms in total. The minimum Gasteiger partial charge on any atom is -0.343 e. The average Bonchev–Trinajstić information content (AvgIpc) is 2.81. The van der Waals surface area contributed by atoms with Crippen molar-refractivity contribution in [3.8, 4) is 10.4 Å². The second-order valence-electron chi connectivity index (χ2n) is 7.11. The van der Waals surface area contributed by atoms with E-state index in [0.29, 0.717) is 12.0 Å². The maximum atomic E-state index is 11.1. The van der Waals surface area contributed by atoms with Gasteiger partial charge in [-0.2, -0.15) is 0 Å². The van der Waals surface area contributed by atoms with E-state index in [4.69, 9.17) is 0 Å². The Balaban J connectivity index is 2.00. The number of benzene rings is 1. The van der Waals surface area contributed by atoms with Crippen molar-refractivity contribution in [1.29, 1.82) is 0 Å². The fourth-order valence-electron chi connectivity index (χ4n) is 3.38. The maximum absolute atomic E-state index is 11.1. The Bertz CT molecular complexity index is 746. The van der Waals surface area contributed by atoms with Crippen LogP contribution in [0.2, 0.25) is 0 Å². The van der Waals surface area contributed by atoms with Crippen LogP contribution < -0.4 is 5.32 Å². The first-order valence-electron chi connectivity index (χ1n) is 8.03. The standard InChI is InChI=1S/C19H23NOS2/c1-12-15-10-19(2,3)9-8-16(15)23-17(12)14-7-5-4-6-13(14)11-20-18(21)22/h4-7H,8-11H2,1-3H3,(H2,20,21,22). The van der Waals surface area contributed by atoms with E-state index in [1.54, 1.807) is 10.4 Å². The number of hydrogen-bond acceptors (Lipinski definition) is 2. The molecule has 1 aromatic carbocycles. The minimum absolute atomic E-state index is 0.288. The van der Waals surface area contributed by atoms with Gasteiger partial charge in [-0.3, -0.25) is 4.79 Å². The van der Waals surface area contributed by atoms with Gasteiger partial charge in [-0.25, -0.2) is 0 Å². The van der Waals surface area contributed by atoms with Crippen LogP contribution in [0.25, 0.3) is 10.4 Å². The lowest BCUT2D eigenvalue weighted by atomic mass is 9.76. The number of amides is 1. The number of carbonyl (C=O) groups is 1. The van der Waals surface area contributed by atoms with Crippen LogP contribution in [0, 0.1) is 12.3 Å². The molecular formula is C19H23NOS2. The number of rotatable bonds is 3. The molecular weight excluding hydrogens is 322 g/mol. The number of carbonyl (C=O) groups excluding carboxylic acids is 1. The van der Waals surface area contributed by atoms with E-state index in [1.807, 2.05) is 17.4 Å². The van der Waals surface area contributed by atoms with Gasteiger partial charge in [0, 0.05) is 16.3 Å². The molecule has 0 spiro atoms. The van der Waals surface area contributed by atoms with Crippen LogP contribution in [-0.4, -0.2) is 5.24 Å². The first kappa shape index (κ1) is 16.6. The number of nitrogens with one attached hydrogen (secondary N) is 1. The topological polar surface area (TPSA) is 29.1 Å². The Morgan fingerprint density at radius 1 is 1.35 bits per heavy atom. The van der Waals surface area contributed by atoms with Gasteiger partial charge in [-0.1, -0.05) is 50.7 Å². The Hall–Kier alpha value is -1.26. The minimum atomic E-state index is -0.288. The van der Waals surface area contributed by atoms with E-state index in [9.17, 15) is 4.79 Å². The van der Waals surface area contributed by atoms with Gasteiger partial charge in [0.25, 0.3) is 5.24 Å². The molecule has 122 valence electrons. The van der Waals surface area contributed by atoms with Crippen molar-refractivity contribution in [2.75, 3.05) is 0 Å². The quantitative estimate of drug-likeness (QED) is 0.719. The number of aryl methyl sites for hydroxylation is 1. The Kier molecular flexibility index (Phi) is 4.56. The summed E-state index contributed by atoms with van der Waals surface area (Å²) in [5.74, 6) is 0. The summed E-state index contributed by atoms with van der Waals surface area (Å²) in [4.78, 5) is 14.0. The molecule has 4 heteroatoms. The fraction of sp³-hybridized carbons (Fsp3) is 0.421. The molecule has 0 atom stereocenters. The first-order valence-corrected chi connectivity index (χ1v) is 9.30. The van der Waals surface area contributed by atoms with Crippen molar-refractivity contribution in [2.45, 2.75) is 46.6 Å². The van der Waals surface area contributed by atoms with Crippen LogP contribution in [0.5, 0.6) is 0 Å². The normalized spacial score (nSPS) is 16.0. The van der Waals surface area contributed by atoms with E-state index in [0.717, 1.165) is 5.56 Å². The largest absolute Gasteiger partial charge is 0.343 e. The molecule has 0 saturated carbocycles. The van der Waals surface area contributed by atoms with Crippen molar-refractivity contribution >= 4 is 29.2 Å². The summed E-state index contributed by atoms with van der Waals surface area (Å²) < 4.78 is 0. The molecule has 1 N–H and O–H groups in total. The van der Waals surface area contributed by atoms with E-state index in [-0.39, 0.29) is 5.24 Å². The fourth-order valence-corrected chi connectivity index (χ4v) is 4.85. The van der Waals surface area contributed by atoms with Gasteiger partial charge in [0.05, 0.1) is 0 Å². The molecule has 1 aromatic heterocycles. The van der Waals surface area contributed by atoms with Crippen molar-refractivity contribution in [1.82, 2.24) is 5.32 Å². The van der Waals surface area contributed by atoms with Gasteiger partial charge in [0.1, 0.15) is 0 Å². The van der Waals surface area contributed by atoms with Crippen molar-refractivity contribution in [2.24, 2.45) is 5.41 Å². The lowest BCUT2D eigenvalue weighted by Crippen LogP contribution is -2.21. The SMILES string of the molecule is Cc1c(-c2ccccc2CNC(=O)S)sc2c1CC(C)(C)CC2. The molecule has 0 aliphatic heterocycles. The van der Waals surface area contributed by atoms with Crippen LogP contribution in [0.3, 0.4) is 0 Å². The van der Waals surface area contributed by atoms with Crippen molar-refractivity contribution in [3.05, 3.63) is 45.8 Å². The van der Waals surface area contributed by atoms with Gasteiger partial charge < -0.3 is 5.32 Å². The van der Waals surface area contributed by atoms with Gasteiger partial charge in [-0.05, 0) is 53.9 Å². The third kappa shape index (κ3) is 3.48. The second kappa shape index (κ2) is 6.33. The van der Waals surface area contributed by atoms with Gasteiger partial charge in [0.15, 0.2) is 0 Å². The summed E-state index contributed by atoms with van der Waals surface area (Å²) in [7, 11) is 0. The van der Waals surface area contributed by atoms with Crippen LogP contribution in [0.15, 0.2) is 24.3 Å². The second-order valence-corrected chi connectivity index (χ2v) is 8.63. The highest BCUT2D eigenvalue weighted by Crippen LogP contribution is 2.45. The predicted octanol–water partition coefficient (Wildman–Crippen LogP) is 5.38. The smallest absolute Gasteiger partial charge is 0.276 e. The van der Waals surface area contributed by atoms with Crippen LogP contribution in [0.1, 0.15) is 41.8 Å². The summed E-state index contributed by atoms with van der Waals surface area (Å²) in [6, 6.07) is 8.34. The van der Waals surface area contributed by atoms with Crippen molar-refractivity contribution < 1.29 is 4.79 Å². The third-order valence-electron chi connectivity index (χ3n) is 4.73. The monoisotopic (exact) mass is 345 g/mol. The van der Waals surface area contributed by atoms with Crippen molar-refractivity contribution in [3.63, 3.8) is 0 Å². The summed E-state index contributed by atoms with van der Waals surface area (Å²) in [6.45, 7) is 7.50. The summed E-state index contributed by atoms with van der Waals surface area (Å²) in [6.07, 6.45) is 3.61. The molecule has 2 aromatic rings. The average molecular weight is 346 g/mol. The van der Waals surface area contributed by atoms with Crippen LogP contribution in [-0.2, 0) is 19.4 Å². The molecule has 0 unspecified atom stereocenters. The predicted molar refractivity (Wildman–Crippen MR) is 102 cm³/mol. The molecule has 1 heterocycles. The van der Waals surface area contributed by atoms with E-state index in [1.165, 1.54) is 35.3 Å². The van der Waals surface area contributed by atoms with Gasteiger partial charge >= 0.3 is 0 Å². The zero-order valence-corrected chi connectivity index (χ0v) is 15.6. The summed E-state index contributed by atoms with van der Waals surface area (Å²) in [5, 5.41) is 2.51. The molecule has 1 aliphatic rings.